The molecular weight excluding hydrogens is 178 g/mol. The van der Waals surface area contributed by atoms with Gasteiger partial charge in [-0.25, -0.2) is 9.97 Å². The van der Waals surface area contributed by atoms with Crippen molar-refractivity contribution in [2.45, 2.75) is 26.7 Å². The molecule has 1 heterocycles. The number of hydrogen-bond donors (Lipinski definition) is 1. The lowest BCUT2D eigenvalue weighted by Crippen LogP contribution is -2.24. The Kier molecular flexibility index (Phi) is 3.56. The molecule has 4 heteroatoms. The summed E-state index contributed by atoms with van der Waals surface area (Å²) in [6.07, 6.45) is 1.43. The van der Waals surface area contributed by atoms with Crippen molar-refractivity contribution in [1.82, 2.24) is 15.3 Å². The molecule has 0 radical (unpaired) electrons. The van der Waals surface area contributed by atoms with Crippen LogP contribution in [-0.4, -0.2) is 22.4 Å². The molecule has 0 saturated heterocycles. The molecule has 1 rings (SSSR count). The first kappa shape index (κ1) is 10.6. The van der Waals surface area contributed by atoms with E-state index in [1.54, 1.807) is 6.07 Å². The second kappa shape index (κ2) is 4.69. The minimum Gasteiger partial charge on any atom is -0.351 e. The lowest BCUT2D eigenvalue weighted by atomic mass is 10.1. The van der Waals surface area contributed by atoms with Crippen molar-refractivity contribution in [3.63, 3.8) is 0 Å². The molecule has 0 aliphatic carbocycles. The first-order chi connectivity index (χ1) is 6.65. The number of nitrogens with zero attached hydrogens (tertiary/aromatic N) is 2. The van der Waals surface area contributed by atoms with Gasteiger partial charge in [0.25, 0.3) is 5.91 Å². The van der Waals surface area contributed by atoms with Gasteiger partial charge < -0.3 is 5.32 Å². The summed E-state index contributed by atoms with van der Waals surface area (Å²) in [6, 6.07) is 1.73. The van der Waals surface area contributed by atoms with Crippen molar-refractivity contribution in [1.29, 1.82) is 0 Å². The highest BCUT2D eigenvalue weighted by Gasteiger charge is 2.08. The van der Waals surface area contributed by atoms with Crippen LogP contribution in [0.15, 0.2) is 12.4 Å². The van der Waals surface area contributed by atoms with Gasteiger partial charge in [0, 0.05) is 12.2 Å². The Bertz CT molecular complexity index is 323. The summed E-state index contributed by atoms with van der Waals surface area (Å²) in [5.41, 5.74) is 1.33. The molecule has 4 nitrogen and oxygen atoms in total. The molecule has 0 atom stereocenters. The van der Waals surface area contributed by atoms with Gasteiger partial charge >= 0.3 is 0 Å². The SMILES string of the molecule is CCNC(=O)c1cc(C(C)C)ncn1. The van der Waals surface area contributed by atoms with Crippen LogP contribution in [0.4, 0.5) is 0 Å². The first-order valence-electron chi connectivity index (χ1n) is 4.75. The second-order valence-electron chi connectivity index (χ2n) is 3.34. The van der Waals surface area contributed by atoms with Crippen LogP contribution in [0, 0.1) is 0 Å². The van der Waals surface area contributed by atoms with E-state index in [2.05, 4.69) is 15.3 Å². The van der Waals surface area contributed by atoms with E-state index >= 15 is 0 Å². The molecule has 0 saturated carbocycles. The van der Waals surface area contributed by atoms with Gasteiger partial charge in [-0.05, 0) is 18.9 Å². The molecule has 0 aliphatic heterocycles. The van der Waals surface area contributed by atoms with Crippen molar-refractivity contribution in [3.8, 4) is 0 Å². The summed E-state index contributed by atoms with van der Waals surface area (Å²) < 4.78 is 0. The molecular formula is C10H15N3O. The van der Waals surface area contributed by atoms with E-state index in [0.29, 0.717) is 18.2 Å². The van der Waals surface area contributed by atoms with Gasteiger partial charge in [0.15, 0.2) is 0 Å². The monoisotopic (exact) mass is 193 g/mol. The maximum atomic E-state index is 11.4. The van der Waals surface area contributed by atoms with Crippen LogP contribution >= 0.6 is 0 Å². The Morgan fingerprint density at radius 3 is 2.79 bits per heavy atom. The van der Waals surface area contributed by atoms with Crippen LogP contribution < -0.4 is 5.32 Å². The Morgan fingerprint density at radius 2 is 2.21 bits per heavy atom. The minimum absolute atomic E-state index is 0.142. The quantitative estimate of drug-likeness (QED) is 0.788. The molecule has 1 N–H and O–H groups in total. The molecule has 14 heavy (non-hydrogen) atoms. The Morgan fingerprint density at radius 1 is 1.50 bits per heavy atom. The highest BCUT2D eigenvalue weighted by Crippen LogP contribution is 2.10. The van der Waals surface area contributed by atoms with Crippen LogP contribution in [0.1, 0.15) is 42.9 Å². The van der Waals surface area contributed by atoms with Crippen molar-refractivity contribution in [3.05, 3.63) is 23.8 Å². The van der Waals surface area contributed by atoms with E-state index in [9.17, 15) is 4.79 Å². The summed E-state index contributed by atoms with van der Waals surface area (Å²) in [6.45, 7) is 6.55. The third kappa shape index (κ3) is 2.52. The fraction of sp³-hybridized carbons (Fsp3) is 0.500. The van der Waals surface area contributed by atoms with Gasteiger partial charge in [-0.1, -0.05) is 13.8 Å². The van der Waals surface area contributed by atoms with E-state index in [1.165, 1.54) is 6.33 Å². The van der Waals surface area contributed by atoms with Gasteiger partial charge in [0.1, 0.15) is 12.0 Å². The zero-order chi connectivity index (χ0) is 10.6. The molecule has 0 fully saturated rings. The molecule has 76 valence electrons. The third-order valence-corrected chi connectivity index (χ3v) is 1.85. The van der Waals surface area contributed by atoms with Crippen molar-refractivity contribution in [2.24, 2.45) is 0 Å². The zero-order valence-corrected chi connectivity index (χ0v) is 8.74. The van der Waals surface area contributed by atoms with E-state index in [0.717, 1.165) is 5.69 Å². The topological polar surface area (TPSA) is 54.9 Å². The van der Waals surface area contributed by atoms with Gasteiger partial charge in [0.2, 0.25) is 0 Å². The summed E-state index contributed by atoms with van der Waals surface area (Å²) in [5, 5.41) is 2.70. The summed E-state index contributed by atoms with van der Waals surface area (Å²) in [7, 11) is 0. The predicted octanol–water partition coefficient (Wildman–Crippen LogP) is 1.35. The number of rotatable bonds is 3. The smallest absolute Gasteiger partial charge is 0.270 e. The largest absolute Gasteiger partial charge is 0.351 e. The fourth-order valence-electron chi connectivity index (χ4n) is 1.06. The van der Waals surface area contributed by atoms with E-state index in [4.69, 9.17) is 0 Å². The summed E-state index contributed by atoms with van der Waals surface area (Å²) in [4.78, 5) is 19.4. The highest BCUT2D eigenvalue weighted by molar-refractivity contribution is 5.92. The van der Waals surface area contributed by atoms with Crippen LogP contribution in [0.25, 0.3) is 0 Å². The number of nitrogens with one attached hydrogen (secondary N) is 1. The molecule has 1 amide bonds. The summed E-state index contributed by atoms with van der Waals surface area (Å²) in [5.74, 6) is 0.169. The molecule has 1 aromatic rings. The summed E-state index contributed by atoms with van der Waals surface area (Å²) >= 11 is 0. The number of carbonyl (C=O) groups excluding carboxylic acids is 1. The first-order valence-corrected chi connectivity index (χ1v) is 4.75. The Balaban J connectivity index is 2.88. The standard InChI is InChI=1S/C10H15N3O/c1-4-11-10(14)9-5-8(7(2)3)12-6-13-9/h5-7H,4H2,1-3H3,(H,11,14). The van der Waals surface area contributed by atoms with Crippen molar-refractivity contribution in [2.75, 3.05) is 6.54 Å². The zero-order valence-electron chi connectivity index (χ0n) is 8.74. The number of amides is 1. The third-order valence-electron chi connectivity index (χ3n) is 1.85. The molecule has 0 spiro atoms. The number of aromatic nitrogens is 2. The van der Waals surface area contributed by atoms with E-state index in [-0.39, 0.29) is 5.91 Å². The number of hydrogen-bond acceptors (Lipinski definition) is 3. The minimum atomic E-state index is -0.142. The molecule has 1 aromatic heterocycles. The van der Waals surface area contributed by atoms with Gasteiger partial charge in [0.05, 0.1) is 0 Å². The molecule has 0 unspecified atom stereocenters. The average molecular weight is 193 g/mol. The molecule has 0 aromatic carbocycles. The van der Waals surface area contributed by atoms with Crippen LogP contribution in [0.5, 0.6) is 0 Å². The maximum Gasteiger partial charge on any atom is 0.270 e. The Hall–Kier alpha value is -1.45. The van der Waals surface area contributed by atoms with E-state index in [1.807, 2.05) is 20.8 Å². The predicted molar refractivity (Wildman–Crippen MR) is 54.1 cm³/mol. The van der Waals surface area contributed by atoms with Crippen LogP contribution in [-0.2, 0) is 0 Å². The van der Waals surface area contributed by atoms with Crippen molar-refractivity contribution >= 4 is 5.91 Å². The van der Waals surface area contributed by atoms with Gasteiger partial charge in [-0.15, -0.1) is 0 Å². The van der Waals surface area contributed by atoms with Crippen LogP contribution in [0.3, 0.4) is 0 Å². The molecule has 0 bridgehead atoms. The second-order valence-corrected chi connectivity index (χ2v) is 3.34. The Labute approximate surface area is 83.8 Å². The maximum absolute atomic E-state index is 11.4. The van der Waals surface area contributed by atoms with Gasteiger partial charge in [-0.2, -0.15) is 0 Å². The fourth-order valence-corrected chi connectivity index (χ4v) is 1.06. The lowest BCUT2D eigenvalue weighted by Gasteiger charge is -2.05. The van der Waals surface area contributed by atoms with Crippen LogP contribution in [0.2, 0.25) is 0 Å². The molecule has 0 aliphatic rings. The lowest BCUT2D eigenvalue weighted by molar-refractivity contribution is 0.0950. The average Bonchev–Trinajstić information content (AvgIpc) is 2.18. The number of carbonyl (C=O) groups is 1. The highest BCUT2D eigenvalue weighted by atomic mass is 16.1. The normalized spacial score (nSPS) is 10.3. The van der Waals surface area contributed by atoms with Gasteiger partial charge in [-0.3, -0.25) is 4.79 Å². The van der Waals surface area contributed by atoms with Crippen molar-refractivity contribution < 1.29 is 4.79 Å². The van der Waals surface area contributed by atoms with E-state index < -0.39 is 0 Å².